The standard InChI is InChI=1S/C10H9F3N2O/c1-5-2-7-6(8(16)3-5)4-9(15-14-7)10(11,12)13/h4-5H,2-3H2,1H3. The van der Waals surface area contributed by atoms with E-state index in [-0.39, 0.29) is 23.7 Å². The van der Waals surface area contributed by atoms with Crippen LogP contribution in [0.4, 0.5) is 13.2 Å². The Morgan fingerprint density at radius 2 is 2.00 bits per heavy atom. The van der Waals surface area contributed by atoms with Crippen molar-refractivity contribution in [2.45, 2.75) is 25.9 Å². The predicted molar refractivity (Wildman–Crippen MR) is 48.8 cm³/mol. The van der Waals surface area contributed by atoms with Crippen molar-refractivity contribution >= 4 is 5.78 Å². The van der Waals surface area contributed by atoms with Crippen LogP contribution < -0.4 is 0 Å². The number of fused-ring (bicyclic) bond motifs is 1. The Morgan fingerprint density at radius 1 is 1.31 bits per heavy atom. The Bertz CT molecular complexity index is 442. The van der Waals surface area contributed by atoms with Gasteiger partial charge in [-0.25, -0.2) is 0 Å². The molecule has 2 rings (SSSR count). The molecule has 86 valence electrons. The highest BCUT2D eigenvalue weighted by atomic mass is 19.4. The number of rotatable bonds is 0. The number of halogens is 3. The minimum atomic E-state index is -4.55. The highest BCUT2D eigenvalue weighted by Crippen LogP contribution is 2.30. The van der Waals surface area contributed by atoms with Gasteiger partial charge in [0.05, 0.1) is 5.69 Å². The summed E-state index contributed by atoms with van der Waals surface area (Å²) in [5.74, 6) is -0.166. The quantitative estimate of drug-likeness (QED) is 0.686. The van der Waals surface area contributed by atoms with Crippen LogP contribution in [0.3, 0.4) is 0 Å². The topological polar surface area (TPSA) is 42.9 Å². The van der Waals surface area contributed by atoms with Crippen LogP contribution in [0.25, 0.3) is 0 Å². The lowest BCUT2D eigenvalue weighted by atomic mass is 9.87. The van der Waals surface area contributed by atoms with Crippen molar-refractivity contribution < 1.29 is 18.0 Å². The Kier molecular flexibility index (Phi) is 2.44. The number of ketones is 1. The van der Waals surface area contributed by atoms with Crippen LogP contribution in [0.1, 0.15) is 35.1 Å². The van der Waals surface area contributed by atoms with Gasteiger partial charge in [0.2, 0.25) is 0 Å². The Balaban J connectivity index is 2.47. The van der Waals surface area contributed by atoms with E-state index in [1.807, 2.05) is 6.92 Å². The van der Waals surface area contributed by atoms with Crippen molar-refractivity contribution in [3.05, 3.63) is 23.0 Å². The molecule has 1 unspecified atom stereocenters. The van der Waals surface area contributed by atoms with E-state index in [0.29, 0.717) is 12.1 Å². The SMILES string of the molecule is CC1CC(=O)c2cc(C(F)(F)F)nnc2C1. The molecule has 0 spiro atoms. The summed E-state index contributed by atoms with van der Waals surface area (Å²) in [5.41, 5.74) is -0.661. The maximum absolute atomic E-state index is 12.3. The molecule has 0 saturated heterocycles. The lowest BCUT2D eigenvalue weighted by molar-refractivity contribution is -0.141. The third-order valence-electron chi connectivity index (χ3n) is 2.54. The molecular formula is C10H9F3N2O. The number of nitrogens with zero attached hydrogens (tertiary/aromatic N) is 2. The molecule has 0 N–H and O–H groups in total. The second-order valence-electron chi connectivity index (χ2n) is 4.02. The molecule has 3 nitrogen and oxygen atoms in total. The number of hydrogen-bond acceptors (Lipinski definition) is 3. The average molecular weight is 230 g/mol. The van der Waals surface area contributed by atoms with Crippen LogP contribution in [0.5, 0.6) is 0 Å². The van der Waals surface area contributed by atoms with Crippen molar-refractivity contribution in [2.24, 2.45) is 5.92 Å². The zero-order valence-corrected chi connectivity index (χ0v) is 8.51. The molecule has 0 radical (unpaired) electrons. The van der Waals surface area contributed by atoms with Gasteiger partial charge in [0, 0.05) is 12.0 Å². The van der Waals surface area contributed by atoms with Crippen molar-refractivity contribution in [2.75, 3.05) is 0 Å². The van der Waals surface area contributed by atoms with Gasteiger partial charge in [0.25, 0.3) is 0 Å². The number of aromatic nitrogens is 2. The molecule has 0 amide bonds. The van der Waals surface area contributed by atoms with Gasteiger partial charge in [0.1, 0.15) is 0 Å². The van der Waals surface area contributed by atoms with Gasteiger partial charge in [-0.05, 0) is 18.4 Å². The molecule has 1 aromatic heterocycles. The van der Waals surface area contributed by atoms with E-state index in [9.17, 15) is 18.0 Å². The summed E-state index contributed by atoms with van der Waals surface area (Å²) in [6, 6.07) is 0.802. The van der Waals surface area contributed by atoms with E-state index in [2.05, 4.69) is 10.2 Å². The summed E-state index contributed by atoms with van der Waals surface area (Å²) in [7, 11) is 0. The third kappa shape index (κ3) is 1.91. The van der Waals surface area contributed by atoms with Crippen LogP contribution >= 0.6 is 0 Å². The van der Waals surface area contributed by atoms with Gasteiger partial charge < -0.3 is 0 Å². The molecule has 0 bridgehead atoms. The summed E-state index contributed by atoms with van der Waals surface area (Å²) in [6.45, 7) is 1.86. The van der Waals surface area contributed by atoms with E-state index >= 15 is 0 Å². The predicted octanol–water partition coefficient (Wildman–Crippen LogP) is 2.26. The fraction of sp³-hybridized carbons (Fsp3) is 0.500. The first kappa shape index (κ1) is 11.0. The lowest BCUT2D eigenvalue weighted by Crippen LogP contribution is -2.22. The number of carbonyl (C=O) groups excluding carboxylic acids is 1. The Morgan fingerprint density at radius 3 is 2.62 bits per heavy atom. The molecule has 16 heavy (non-hydrogen) atoms. The zero-order valence-electron chi connectivity index (χ0n) is 8.51. The lowest BCUT2D eigenvalue weighted by Gasteiger charge is -2.19. The first-order chi connectivity index (χ1) is 7.38. The molecule has 0 aromatic carbocycles. The van der Waals surface area contributed by atoms with E-state index in [1.54, 1.807) is 0 Å². The fourth-order valence-corrected chi connectivity index (χ4v) is 1.78. The van der Waals surface area contributed by atoms with Crippen LogP contribution in [0, 0.1) is 5.92 Å². The van der Waals surface area contributed by atoms with Gasteiger partial charge in [-0.1, -0.05) is 6.92 Å². The molecular weight excluding hydrogens is 221 g/mol. The summed E-state index contributed by atoms with van der Waals surface area (Å²) < 4.78 is 37.0. The van der Waals surface area contributed by atoms with E-state index in [4.69, 9.17) is 0 Å². The molecule has 1 atom stereocenters. The van der Waals surface area contributed by atoms with E-state index in [1.165, 1.54) is 0 Å². The molecule has 6 heteroatoms. The van der Waals surface area contributed by atoms with Gasteiger partial charge >= 0.3 is 6.18 Å². The zero-order chi connectivity index (χ0) is 11.9. The number of Topliss-reactive ketones (excluding diaryl/α,β-unsaturated/α-hetero) is 1. The maximum atomic E-state index is 12.3. The van der Waals surface area contributed by atoms with Crippen molar-refractivity contribution in [1.29, 1.82) is 0 Å². The van der Waals surface area contributed by atoms with Crippen molar-refractivity contribution in [1.82, 2.24) is 10.2 Å². The smallest absolute Gasteiger partial charge is 0.294 e. The van der Waals surface area contributed by atoms with Crippen LogP contribution in [0.2, 0.25) is 0 Å². The first-order valence-corrected chi connectivity index (χ1v) is 4.85. The van der Waals surface area contributed by atoms with Gasteiger partial charge in [0.15, 0.2) is 11.5 Å². The number of alkyl halides is 3. The van der Waals surface area contributed by atoms with Crippen molar-refractivity contribution in [3.8, 4) is 0 Å². The summed E-state index contributed by atoms with van der Waals surface area (Å²) in [5, 5.41) is 6.60. The second kappa shape index (κ2) is 3.54. The number of carbonyl (C=O) groups is 1. The highest BCUT2D eigenvalue weighted by molar-refractivity contribution is 5.98. The summed E-state index contributed by atoms with van der Waals surface area (Å²) in [4.78, 5) is 11.5. The van der Waals surface area contributed by atoms with Gasteiger partial charge in [-0.3, -0.25) is 4.79 Å². The second-order valence-corrected chi connectivity index (χ2v) is 4.02. The van der Waals surface area contributed by atoms with Crippen LogP contribution in [-0.4, -0.2) is 16.0 Å². The van der Waals surface area contributed by atoms with Gasteiger partial charge in [-0.15, -0.1) is 5.10 Å². The molecule has 1 aliphatic carbocycles. The minimum absolute atomic E-state index is 0.0698. The molecule has 1 aliphatic rings. The number of hydrogen-bond donors (Lipinski definition) is 0. The summed E-state index contributed by atoms with van der Waals surface area (Å²) >= 11 is 0. The largest absolute Gasteiger partial charge is 0.435 e. The third-order valence-corrected chi connectivity index (χ3v) is 2.54. The molecule has 1 heterocycles. The fourth-order valence-electron chi connectivity index (χ4n) is 1.78. The monoisotopic (exact) mass is 230 g/mol. The Labute approximate surface area is 89.7 Å². The summed E-state index contributed by atoms with van der Waals surface area (Å²) in [6.07, 6.45) is -3.77. The van der Waals surface area contributed by atoms with E-state index in [0.717, 1.165) is 6.07 Å². The van der Waals surface area contributed by atoms with Crippen LogP contribution in [0.15, 0.2) is 6.07 Å². The van der Waals surface area contributed by atoms with Crippen molar-refractivity contribution in [3.63, 3.8) is 0 Å². The average Bonchev–Trinajstić information content (AvgIpc) is 2.15. The molecule has 1 aromatic rings. The highest BCUT2D eigenvalue weighted by Gasteiger charge is 2.35. The van der Waals surface area contributed by atoms with Crippen LogP contribution in [-0.2, 0) is 12.6 Å². The Hall–Kier alpha value is -1.46. The molecule has 0 fully saturated rings. The van der Waals surface area contributed by atoms with Gasteiger partial charge in [-0.2, -0.15) is 18.3 Å². The molecule has 0 saturated carbocycles. The molecule has 0 aliphatic heterocycles. The first-order valence-electron chi connectivity index (χ1n) is 4.85. The normalized spacial score (nSPS) is 20.8. The maximum Gasteiger partial charge on any atom is 0.435 e. The van der Waals surface area contributed by atoms with E-state index < -0.39 is 11.9 Å². The minimum Gasteiger partial charge on any atom is -0.294 e.